The highest BCUT2D eigenvalue weighted by Gasteiger charge is 2.27. The molecule has 3 rings (SSSR count). The Balaban J connectivity index is 1.46. The first kappa shape index (κ1) is 17.6. The number of aromatic nitrogens is 3. The van der Waals surface area contributed by atoms with Crippen LogP contribution in [-0.4, -0.2) is 51.2 Å². The Labute approximate surface area is 149 Å². The average Bonchev–Trinajstić information content (AvgIpc) is 3.15. The summed E-state index contributed by atoms with van der Waals surface area (Å²) in [6.45, 7) is 6.83. The summed E-state index contributed by atoms with van der Waals surface area (Å²) in [6.07, 6.45) is 3.11. The number of likely N-dealkylation sites (tertiary alicyclic amines) is 1. The molecule has 1 aromatic carbocycles. The summed E-state index contributed by atoms with van der Waals surface area (Å²) in [7, 11) is 0. The summed E-state index contributed by atoms with van der Waals surface area (Å²) in [5.74, 6) is 1.85. The van der Waals surface area contributed by atoms with E-state index in [0.717, 1.165) is 44.0 Å². The molecule has 0 spiro atoms. The van der Waals surface area contributed by atoms with Crippen molar-refractivity contribution in [2.45, 2.75) is 45.7 Å². The Kier molecular flexibility index (Phi) is 5.81. The van der Waals surface area contributed by atoms with Gasteiger partial charge >= 0.3 is 0 Å². The minimum Gasteiger partial charge on any atom is -0.355 e. The van der Waals surface area contributed by atoms with Gasteiger partial charge in [-0.25, -0.2) is 9.67 Å². The third kappa shape index (κ3) is 4.89. The lowest BCUT2D eigenvalue weighted by Crippen LogP contribution is -2.42. The van der Waals surface area contributed by atoms with Gasteiger partial charge in [-0.15, -0.1) is 0 Å². The molecule has 2 aromatic rings. The van der Waals surface area contributed by atoms with Crippen molar-refractivity contribution < 1.29 is 4.79 Å². The minimum atomic E-state index is 0.106. The number of hydrogen-bond acceptors (Lipinski definition) is 4. The molecule has 1 aliphatic heterocycles. The van der Waals surface area contributed by atoms with E-state index in [1.807, 2.05) is 36.7 Å². The number of benzene rings is 1. The predicted octanol–water partition coefficient (Wildman–Crippen LogP) is 1.72. The average molecular weight is 341 g/mol. The van der Waals surface area contributed by atoms with Crippen LogP contribution in [0.3, 0.4) is 0 Å². The van der Waals surface area contributed by atoms with Crippen LogP contribution in [0.2, 0.25) is 0 Å². The highest BCUT2D eigenvalue weighted by atomic mass is 16.2. The second-order valence-corrected chi connectivity index (χ2v) is 6.74. The zero-order valence-corrected chi connectivity index (χ0v) is 15.1. The number of carbonyl (C=O) groups excluding carboxylic acids is 1. The van der Waals surface area contributed by atoms with Crippen LogP contribution < -0.4 is 5.32 Å². The molecule has 1 fully saturated rings. The first-order valence-electron chi connectivity index (χ1n) is 9.04. The molecule has 1 N–H and O–H groups in total. The Hall–Kier alpha value is -2.21. The van der Waals surface area contributed by atoms with E-state index in [0.29, 0.717) is 19.1 Å². The van der Waals surface area contributed by atoms with Crippen molar-refractivity contribution in [2.24, 2.45) is 0 Å². The van der Waals surface area contributed by atoms with Crippen LogP contribution >= 0.6 is 0 Å². The quantitative estimate of drug-likeness (QED) is 0.833. The van der Waals surface area contributed by atoms with E-state index in [1.54, 1.807) is 0 Å². The lowest BCUT2D eigenvalue weighted by atomic mass is 10.1. The van der Waals surface area contributed by atoms with Crippen LogP contribution in [0.15, 0.2) is 30.3 Å². The van der Waals surface area contributed by atoms with Crippen molar-refractivity contribution in [2.75, 3.05) is 19.6 Å². The van der Waals surface area contributed by atoms with Crippen molar-refractivity contribution in [1.82, 2.24) is 25.0 Å². The molecule has 2 heterocycles. The second-order valence-electron chi connectivity index (χ2n) is 6.74. The summed E-state index contributed by atoms with van der Waals surface area (Å²) >= 11 is 0. The van der Waals surface area contributed by atoms with E-state index in [9.17, 15) is 4.79 Å². The fourth-order valence-electron chi connectivity index (χ4n) is 3.48. The van der Waals surface area contributed by atoms with Crippen molar-refractivity contribution in [3.63, 3.8) is 0 Å². The summed E-state index contributed by atoms with van der Waals surface area (Å²) in [5, 5.41) is 7.49. The van der Waals surface area contributed by atoms with Crippen LogP contribution in [0, 0.1) is 13.8 Å². The molecule has 0 unspecified atom stereocenters. The lowest BCUT2D eigenvalue weighted by Gasteiger charge is -2.24. The molecule has 134 valence electrons. The second kappa shape index (κ2) is 8.25. The molecule has 6 nitrogen and oxygen atoms in total. The van der Waals surface area contributed by atoms with Gasteiger partial charge in [0.15, 0.2) is 0 Å². The Morgan fingerprint density at radius 3 is 2.80 bits per heavy atom. The summed E-state index contributed by atoms with van der Waals surface area (Å²) in [4.78, 5) is 18.9. The molecule has 0 saturated carbocycles. The van der Waals surface area contributed by atoms with Gasteiger partial charge < -0.3 is 5.32 Å². The van der Waals surface area contributed by atoms with Gasteiger partial charge in [0.1, 0.15) is 11.6 Å². The van der Waals surface area contributed by atoms with E-state index in [-0.39, 0.29) is 5.91 Å². The SMILES string of the molecule is Cc1nc(C)n(C[C@H]2CCCN2CC(=O)NCCc2ccccc2)n1. The first-order valence-corrected chi connectivity index (χ1v) is 9.04. The largest absolute Gasteiger partial charge is 0.355 e. The van der Waals surface area contributed by atoms with E-state index in [4.69, 9.17) is 0 Å². The van der Waals surface area contributed by atoms with Gasteiger partial charge in [-0.2, -0.15) is 5.10 Å². The normalized spacial score (nSPS) is 17.8. The van der Waals surface area contributed by atoms with Crippen molar-refractivity contribution in [3.05, 3.63) is 47.5 Å². The summed E-state index contributed by atoms with van der Waals surface area (Å²) in [6, 6.07) is 10.6. The summed E-state index contributed by atoms with van der Waals surface area (Å²) < 4.78 is 1.96. The van der Waals surface area contributed by atoms with Gasteiger partial charge in [0.2, 0.25) is 5.91 Å². The zero-order valence-electron chi connectivity index (χ0n) is 15.1. The van der Waals surface area contributed by atoms with Gasteiger partial charge in [-0.3, -0.25) is 9.69 Å². The molecule has 1 aliphatic rings. The smallest absolute Gasteiger partial charge is 0.234 e. The maximum absolute atomic E-state index is 12.3. The number of nitrogens with zero attached hydrogens (tertiary/aromatic N) is 4. The van der Waals surface area contributed by atoms with E-state index in [2.05, 4.69) is 32.4 Å². The standard InChI is InChI=1S/C19H27N5O/c1-15-21-16(2)24(22-15)13-18-9-6-12-23(18)14-19(25)20-11-10-17-7-4-3-5-8-17/h3-5,7-8,18H,6,9-14H2,1-2H3,(H,20,25)/t18-/m1/s1. The number of amides is 1. The molecule has 1 amide bonds. The fraction of sp³-hybridized carbons (Fsp3) is 0.526. The van der Waals surface area contributed by atoms with E-state index >= 15 is 0 Å². The van der Waals surface area contributed by atoms with Crippen LogP contribution in [0.5, 0.6) is 0 Å². The number of carbonyl (C=O) groups is 1. The van der Waals surface area contributed by atoms with Crippen molar-refractivity contribution in [1.29, 1.82) is 0 Å². The van der Waals surface area contributed by atoms with Gasteiger partial charge in [0, 0.05) is 12.6 Å². The molecule has 0 aliphatic carbocycles. The molecule has 0 radical (unpaired) electrons. The van der Waals surface area contributed by atoms with Crippen LogP contribution in [0.1, 0.15) is 30.1 Å². The Bertz CT molecular complexity index is 697. The maximum Gasteiger partial charge on any atom is 0.234 e. The lowest BCUT2D eigenvalue weighted by molar-refractivity contribution is -0.122. The number of hydrogen-bond donors (Lipinski definition) is 1. The van der Waals surface area contributed by atoms with Crippen molar-refractivity contribution in [3.8, 4) is 0 Å². The van der Waals surface area contributed by atoms with Crippen LogP contribution in [-0.2, 0) is 17.8 Å². The monoisotopic (exact) mass is 341 g/mol. The van der Waals surface area contributed by atoms with Crippen molar-refractivity contribution >= 4 is 5.91 Å². The molecule has 1 atom stereocenters. The molecule has 1 saturated heterocycles. The van der Waals surface area contributed by atoms with Crippen LogP contribution in [0.25, 0.3) is 0 Å². The first-order chi connectivity index (χ1) is 12.1. The van der Waals surface area contributed by atoms with E-state index < -0.39 is 0 Å². The van der Waals surface area contributed by atoms with Gasteiger partial charge in [-0.05, 0) is 45.2 Å². The maximum atomic E-state index is 12.3. The molecule has 0 bridgehead atoms. The molecule has 6 heteroatoms. The van der Waals surface area contributed by atoms with Gasteiger partial charge in [-0.1, -0.05) is 30.3 Å². The third-order valence-corrected chi connectivity index (χ3v) is 4.77. The topological polar surface area (TPSA) is 63.1 Å². The van der Waals surface area contributed by atoms with Crippen LogP contribution in [0.4, 0.5) is 0 Å². The molecular weight excluding hydrogens is 314 g/mol. The highest BCUT2D eigenvalue weighted by Crippen LogP contribution is 2.18. The zero-order chi connectivity index (χ0) is 17.6. The van der Waals surface area contributed by atoms with Gasteiger partial charge in [0.25, 0.3) is 0 Å². The number of rotatable bonds is 7. The predicted molar refractivity (Wildman–Crippen MR) is 97.2 cm³/mol. The Morgan fingerprint density at radius 1 is 1.28 bits per heavy atom. The Morgan fingerprint density at radius 2 is 2.08 bits per heavy atom. The number of nitrogens with one attached hydrogen (secondary N) is 1. The van der Waals surface area contributed by atoms with E-state index in [1.165, 1.54) is 5.56 Å². The number of aryl methyl sites for hydroxylation is 2. The third-order valence-electron chi connectivity index (χ3n) is 4.77. The molecular formula is C19H27N5O. The fourth-order valence-corrected chi connectivity index (χ4v) is 3.48. The minimum absolute atomic E-state index is 0.106. The van der Waals surface area contributed by atoms with Gasteiger partial charge in [0.05, 0.1) is 13.1 Å². The molecule has 1 aromatic heterocycles. The highest BCUT2D eigenvalue weighted by molar-refractivity contribution is 5.78. The summed E-state index contributed by atoms with van der Waals surface area (Å²) in [5.41, 5.74) is 1.25. The molecule has 25 heavy (non-hydrogen) atoms.